The molecule has 1 saturated heterocycles. The maximum atomic E-state index is 12.6. The number of likely N-dealkylation sites (tertiary alicyclic amines) is 1. The summed E-state index contributed by atoms with van der Waals surface area (Å²) < 4.78 is 32.3. The van der Waals surface area contributed by atoms with Crippen LogP contribution in [0.1, 0.15) is 48.4 Å². The third-order valence-electron chi connectivity index (χ3n) is 6.96. The molecule has 0 aromatic heterocycles. The fourth-order valence-corrected chi connectivity index (χ4v) is 5.85. The maximum Gasteiger partial charge on any atom is 0.406 e. The van der Waals surface area contributed by atoms with Crippen molar-refractivity contribution in [1.29, 1.82) is 0 Å². The molecule has 33 heavy (non-hydrogen) atoms. The van der Waals surface area contributed by atoms with Gasteiger partial charge in [0.2, 0.25) is 0 Å². The molecule has 1 aromatic rings. The first-order valence-electron chi connectivity index (χ1n) is 11.5. The number of carbonyl (C=O) groups is 2. The molecule has 1 heterocycles. The van der Waals surface area contributed by atoms with E-state index in [4.69, 9.17) is 4.74 Å². The molecule has 1 atom stereocenters. The molecule has 0 radical (unpaired) electrons. The molecule has 0 bridgehead atoms. The Balaban J connectivity index is 1.37. The van der Waals surface area contributed by atoms with Gasteiger partial charge in [-0.1, -0.05) is 12.1 Å². The fraction of sp³-hybridized carbons (Fsp3) is 0.565. The van der Waals surface area contributed by atoms with E-state index in [-0.39, 0.29) is 6.61 Å². The van der Waals surface area contributed by atoms with Gasteiger partial charge in [0.25, 0.3) is 10.0 Å². The summed E-state index contributed by atoms with van der Waals surface area (Å²) >= 11 is 0. The number of ether oxygens (including phenoxy) is 1. The zero-order chi connectivity index (χ0) is 23.6. The Hall–Kier alpha value is -2.59. The van der Waals surface area contributed by atoms with Gasteiger partial charge in [-0.2, -0.15) is 0 Å². The molecule has 10 heteroatoms. The summed E-state index contributed by atoms with van der Waals surface area (Å²) in [7, 11) is -2.47. The summed E-state index contributed by atoms with van der Waals surface area (Å²) in [6.07, 6.45) is 7.78. The van der Waals surface area contributed by atoms with Crippen molar-refractivity contribution in [3.8, 4) is 0 Å². The van der Waals surface area contributed by atoms with Crippen LogP contribution in [0, 0.1) is 0 Å². The van der Waals surface area contributed by atoms with Crippen LogP contribution in [0.15, 0.2) is 17.6 Å². The Morgan fingerprint density at radius 3 is 2.39 bits per heavy atom. The van der Waals surface area contributed by atoms with Crippen molar-refractivity contribution in [3.63, 3.8) is 0 Å². The highest BCUT2D eigenvalue weighted by Gasteiger charge is 2.38. The Morgan fingerprint density at radius 1 is 1.15 bits per heavy atom. The molecule has 3 amide bonds. The summed E-state index contributed by atoms with van der Waals surface area (Å²) in [6, 6.07) is 1.53. The average molecular weight is 477 g/mol. The number of alkyl carbamates (subject to hydrolysis) is 1. The molecule has 4 rings (SSSR count). The number of amides is 3. The lowest BCUT2D eigenvalue weighted by molar-refractivity contribution is 0.0202. The van der Waals surface area contributed by atoms with Gasteiger partial charge in [-0.25, -0.2) is 22.7 Å². The second-order valence-electron chi connectivity index (χ2n) is 9.12. The molecule has 180 valence electrons. The predicted octanol–water partition coefficient (Wildman–Crippen LogP) is 2.45. The number of hydrogen-bond acceptors (Lipinski definition) is 6. The molecular weight excluding hydrogens is 444 g/mol. The van der Waals surface area contributed by atoms with Crippen LogP contribution < -0.4 is 15.4 Å². The van der Waals surface area contributed by atoms with Gasteiger partial charge in [0, 0.05) is 36.8 Å². The van der Waals surface area contributed by atoms with E-state index in [1.807, 2.05) is 11.8 Å². The van der Waals surface area contributed by atoms with E-state index in [0.717, 1.165) is 73.7 Å². The van der Waals surface area contributed by atoms with Crippen LogP contribution in [0.25, 0.3) is 0 Å². The highest BCUT2D eigenvalue weighted by atomic mass is 32.2. The Kier molecular flexibility index (Phi) is 6.67. The zero-order valence-electron chi connectivity index (χ0n) is 19.2. The monoisotopic (exact) mass is 476 g/mol. The fourth-order valence-electron chi connectivity index (χ4n) is 5.00. The van der Waals surface area contributed by atoms with Crippen molar-refractivity contribution in [1.82, 2.24) is 14.9 Å². The molecule has 3 N–H and O–H groups in total. The molecule has 1 fully saturated rings. The first-order chi connectivity index (χ1) is 15.7. The molecule has 3 aliphatic rings. The topological polar surface area (TPSA) is 117 Å². The second kappa shape index (κ2) is 9.34. The third kappa shape index (κ3) is 5.16. The maximum absolute atomic E-state index is 12.6. The summed E-state index contributed by atoms with van der Waals surface area (Å²) in [4.78, 5) is 25.8. The van der Waals surface area contributed by atoms with Gasteiger partial charge in [-0.15, -0.1) is 0 Å². The highest BCUT2D eigenvalue weighted by Crippen LogP contribution is 2.38. The summed E-state index contributed by atoms with van der Waals surface area (Å²) in [5.41, 5.74) is 5.17. The zero-order valence-corrected chi connectivity index (χ0v) is 20.0. The number of aryl methyl sites for hydroxylation is 2. The number of nitrogens with one attached hydrogen (secondary N) is 3. The summed E-state index contributed by atoms with van der Waals surface area (Å²) in [6.45, 7) is 3.39. The molecule has 2 aliphatic carbocycles. The van der Waals surface area contributed by atoms with Crippen LogP contribution in [-0.2, 0) is 40.4 Å². The van der Waals surface area contributed by atoms with Crippen molar-refractivity contribution >= 4 is 27.8 Å². The van der Waals surface area contributed by atoms with Crippen molar-refractivity contribution in [2.24, 2.45) is 0 Å². The van der Waals surface area contributed by atoms with Crippen LogP contribution in [0.2, 0.25) is 0 Å². The number of nitrogens with zero attached hydrogens (tertiary/aromatic N) is 1. The number of hydrogen-bond donors (Lipinski definition) is 3. The third-order valence-corrected chi connectivity index (χ3v) is 7.93. The number of rotatable bonds is 7. The lowest BCUT2D eigenvalue weighted by Crippen LogP contribution is -2.57. The largest absolute Gasteiger partial charge is 0.448 e. The molecule has 0 saturated carbocycles. The van der Waals surface area contributed by atoms with Gasteiger partial charge in [0.15, 0.2) is 0 Å². The smallest absolute Gasteiger partial charge is 0.406 e. The van der Waals surface area contributed by atoms with Crippen LogP contribution in [0.3, 0.4) is 0 Å². The SMILES string of the molecule is CNC(=O)OCCN1CCC1(C)/C=C/S(=O)(=O)NC(=O)Nc1c2c(cc3c1CCC3)CCC2. The second-order valence-corrected chi connectivity index (χ2v) is 10.7. The average Bonchev–Trinajstić information content (AvgIpc) is 3.43. The summed E-state index contributed by atoms with van der Waals surface area (Å²) in [5.74, 6) is 0. The van der Waals surface area contributed by atoms with E-state index < -0.39 is 27.7 Å². The Labute approximate surface area is 195 Å². The minimum absolute atomic E-state index is 0.211. The number of fused-ring (bicyclic) bond motifs is 2. The number of benzene rings is 1. The number of carbonyl (C=O) groups excluding carboxylic acids is 2. The van der Waals surface area contributed by atoms with Crippen molar-refractivity contribution in [2.45, 2.75) is 57.4 Å². The molecular formula is C23H32N4O5S. The van der Waals surface area contributed by atoms with E-state index in [0.29, 0.717) is 6.54 Å². The van der Waals surface area contributed by atoms with Crippen LogP contribution in [-0.4, -0.2) is 57.7 Å². The minimum Gasteiger partial charge on any atom is -0.448 e. The van der Waals surface area contributed by atoms with Crippen molar-refractivity contribution < 1.29 is 22.7 Å². The van der Waals surface area contributed by atoms with Crippen molar-refractivity contribution in [2.75, 3.05) is 32.1 Å². The summed E-state index contributed by atoms with van der Waals surface area (Å²) in [5, 5.41) is 6.29. The van der Waals surface area contributed by atoms with E-state index in [1.165, 1.54) is 18.2 Å². The van der Waals surface area contributed by atoms with E-state index in [2.05, 4.69) is 21.4 Å². The van der Waals surface area contributed by atoms with E-state index in [9.17, 15) is 18.0 Å². The first-order valence-corrected chi connectivity index (χ1v) is 13.0. The molecule has 0 spiro atoms. The Morgan fingerprint density at radius 2 is 1.82 bits per heavy atom. The normalized spacial score (nSPS) is 21.9. The van der Waals surface area contributed by atoms with Gasteiger partial charge in [-0.3, -0.25) is 4.90 Å². The number of urea groups is 1. The van der Waals surface area contributed by atoms with Gasteiger partial charge in [0.05, 0.1) is 0 Å². The van der Waals surface area contributed by atoms with Crippen LogP contribution in [0.5, 0.6) is 0 Å². The van der Waals surface area contributed by atoms with Gasteiger partial charge >= 0.3 is 12.1 Å². The Bertz CT molecular complexity index is 1050. The van der Waals surface area contributed by atoms with E-state index in [1.54, 1.807) is 6.08 Å². The standard InChI is InChI=1S/C23H32N4O5S/c1-23(9-11-27(23)12-13-32-22(29)24-2)10-14-33(30,31)26-21(28)25-20-18-7-3-5-16(18)15-17-6-4-8-19(17)20/h10,14-15H,3-9,11-13H2,1-2H3,(H,24,29)(H2,25,26,28)/b14-10+. The first kappa shape index (κ1) is 23.6. The molecule has 9 nitrogen and oxygen atoms in total. The lowest BCUT2D eigenvalue weighted by atomic mass is 9.87. The predicted molar refractivity (Wildman–Crippen MR) is 126 cm³/mol. The van der Waals surface area contributed by atoms with Crippen LogP contribution >= 0.6 is 0 Å². The molecule has 1 aromatic carbocycles. The molecule has 1 aliphatic heterocycles. The van der Waals surface area contributed by atoms with Crippen molar-refractivity contribution in [3.05, 3.63) is 39.8 Å². The molecule has 1 unspecified atom stereocenters. The van der Waals surface area contributed by atoms with Gasteiger partial charge < -0.3 is 15.4 Å². The van der Waals surface area contributed by atoms with Crippen LogP contribution in [0.4, 0.5) is 15.3 Å². The number of sulfonamides is 1. The quantitative estimate of drug-likeness (QED) is 0.557. The highest BCUT2D eigenvalue weighted by molar-refractivity contribution is 7.92. The minimum atomic E-state index is -3.96. The van der Waals surface area contributed by atoms with E-state index >= 15 is 0 Å². The lowest BCUT2D eigenvalue weighted by Gasteiger charge is -2.48. The van der Waals surface area contributed by atoms with Gasteiger partial charge in [-0.05, 0) is 74.1 Å². The van der Waals surface area contributed by atoms with Gasteiger partial charge in [0.1, 0.15) is 6.61 Å². The number of anilines is 1.